The lowest BCUT2D eigenvalue weighted by Gasteiger charge is -2.24. The number of nitriles is 1. The van der Waals surface area contributed by atoms with Crippen LogP contribution in [0.25, 0.3) is 0 Å². The Hall–Kier alpha value is -2.07. The summed E-state index contributed by atoms with van der Waals surface area (Å²) < 4.78 is 28.2. The van der Waals surface area contributed by atoms with E-state index in [1.807, 2.05) is 0 Å². The molecule has 1 aromatic carbocycles. The Morgan fingerprint density at radius 1 is 1.39 bits per heavy atom. The molecule has 1 aromatic rings. The number of alkyl halides is 2. The van der Waals surface area contributed by atoms with Crippen molar-refractivity contribution >= 4 is 28.9 Å². The van der Waals surface area contributed by atoms with Crippen LogP contribution in [0, 0.1) is 11.3 Å². The molecule has 4 nitrogen and oxygen atoms in total. The summed E-state index contributed by atoms with van der Waals surface area (Å²) in [7, 11) is 1.69. The predicted octanol–water partition coefficient (Wildman–Crippen LogP) is 3.40. The van der Waals surface area contributed by atoms with Crippen molar-refractivity contribution in [2.75, 3.05) is 11.9 Å². The minimum Gasteiger partial charge on any atom is -0.337 e. The molecule has 0 aliphatic carbocycles. The second-order valence-corrected chi connectivity index (χ2v) is 6.31. The number of thiocarbonyl (C=S) groups is 1. The van der Waals surface area contributed by atoms with E-state index in [0.29, 0.717) is 0 Å². The van der Waals surface area contributed by atoms with Gasteiger partial charge in [0.15, 0.2) is 5.11 Å². The van der Waals surface area contributed by atoms with Crippen molar-refractivity contribution in [3.05, 3.63) is 29.3 Å². The molecule has 1 saturated heterocycles. The number of benzene rings is 1. The van der Waals surface area contributed by atoms with Crippen molar-refractivity contribution in [3.8, 4) is 6.07 Å². The molecule has 0 bridgehead atoms. The number of carbonyl (C=O) groups is 1. The molecule has 7 heteroatoms. The van der Waals surface area contributed by atoms with Crippen molar-refractivity contribution in [1.82, 2.24) is 4.90 Å². The van der Waals surface area contributed by atoms with Gasteiger partial charge in [0.05, 0.1) is 17.3 Å². The molecule has 122 valence electrons. The van der Waals surface area contributed by atoms with Crippen molar-refractivity contribution in [2.45, 2.75) is 38.7 Å². The number of carbonyl (C=O) groups excluding carboxylic acids is 1. The van der Waals surface area contributed by atoms with E-state index in [-0.39, 0.29) is 27.8 Å². The number of anilines is 1. The standard InChI is InChI=1S/C16H17F2N3OS/c1-5-16(17,18)12-8-11(7-6-10(12)9-19)21-13(22)15(2,3)20(4)14(21)23/h6-8H,5H2,1-4H3. The number of amides is 1. The first kappa shape index (κ1) is 17.3. The molecule has 1 heterocycles. The van der Waals surface area contributed by atoms with E-state index in [1.165, 1.54) is 30.0 Å². The third-order valence-electron chi connectivity index (χ3n) is 4.26. The number of hydrogen-bond acceptors (Lipinski definition) is 3. The summed E-state index contributed by atoms with van der Waals surface area (Å²) in [5, 5.41) is 9.31. The van der Waals surface area contributed by atoms with Gasteiger partial charge in [0.2, 0.25) is 0 Å². The summed E-state index contributed by atoms with van der Waals surface area (Å²) in [6.45, 7) is 4.77. The van der Waals surface area contributed by atoms with Crippen LogP contribution in [-0.4, -0.2) is 28.5 Å². The fourth-order valence-electron chi connectivity index (χ4n) is 2.38. The Morgan fingerprint density at radius 2 is 2.00 bits per heavy atom. The molecule has 0 atom stereocenters. The smallest absolute Gasteiger partial charge is 0.274 e. The van der Waals surface area contributed by atoms with Crippen LogP contribution in [0.2, 0.25) is 0 Å². The molecule has 23 heavy (non-hydrogen) atoms. The largest absolute Gasteiger partial charge is 0.337 e. The lowest BCUT2D eigenvalue weighted by molar-refractivity contribution is -0.123. The van der Waals surface area contributed by atoms with E-state index >= 15 is 0 Å². The van der Waals surface area contributed by atoms with Crippen LogP contribution in [0.1, 0.15) is 38.3 Å². The average molecular weight is 337 g/mol. The predicted molar refractivity (Wildman–Crippen MR) is 87.3 cm³/mol. The highest BCUT2D eigenvalue weighted by molar-refractivity contribution is 7.80. The van der Waals surface area contributed by atoms with Crippen molar-refractivity contribution < 1.29 is 13.6 Å². The second kappa shape index (κ2) is 5.53. The summed E-state index contributed by atoms with van der Waals surface area (Å²) in [4.78, 5) is 15.4. The normalized spacial score (nSPS) is 17.6. The Balaban J connectivity index is 2.59. The average Bonchev–Trinajstić information content (AvgIpc) is 2.67. The SMILES string of the molecule is CCC(F)(F)c1cc(N2C(=O)C(C)(C)N(C)C2=S)ccc1C#N. The zero-order valence-electron chi connectivity index (χ0n) is 13.4. The first-order valence-electron chi connectivity index (χ1n) is 7.12. The van der Waals surface area contributed by atoms with Gasteiger partial charge in [-0.1, -0.05) is 6.92 Å². The summed E-state index contributed by atoms with van der Waals surface area (Å²) >= 11 is 5.28. The van der Waals surface area contributed by atoms with Crippen LogP contribution in [0.3, 0.4) is 0 Å². The van der Waals surface area contributed by atoms with E-state index in [9.17, 15) is 13.6 Å². The van der Waals surface area contributed by atoms with Gasteiger partial charge in [-0.3, -0.25) is 9.69 Å². The first-order valence-corrected chi connectivity index (χ1v) is 7.53. The molecule has 0 saturated carbocycles. The third-order valence-corrected chi connectivity index (χ3v) is 4.72. The zero-order chi connectivity index (χ0) is 17.6. The molecule has 0 aromatic heterocycles. The maximum atomic E-state index is 14.1. The fraction of sp³-hybridized carbons (Fsp3) is 0.438. The molecular formula is C16H17F2N3OS. The van der Waals surface area contributed by atoms with Crippen LogP contribution in [-0.2, 0) is 10.7 Å². The topological polar surface area (TPSA) is 47.3 Å². The molecule has 0 radical (unpaired) electrons. The Kier molecular flexibility index (Phi) is 4.16. The van der Waals surface area contributed by atoms with E-state index in [1.54, 1.807) is 31.9 Å². The molecule has 1 aliphatic heterocycles. The number of nitrogens with zero attached hydrogens (tertiary/aromatic N) is 3. The van der Waals surface area contributed by atoms with Crippen LogP contribution in [0.15, 0.2) is 18.2 Å². The van der Waals surface area contributed by atoms with E-state index in [2.05, 4.69) is 0 Å². The van der Waals surface area contributed by atoms with Crippen molar-refractivity contribution in [3.63, 3.8) is 0 Å². The van der Waals surface area contributed by atoms with Gasteiger partial charge in [0, 0.05) is 19.0 Å². The third kappa shape index (κ3) is 2.57. The minimum atomic E-state index is -3.15. The Bertz CT molecular complexity index is 725. The molecule has 0 spiro atoms. The number of hydrogen-bond donors (Lipinski definition) is 0. The quantitative estimate of drug-likeness (QED) is 0.793. The monoisotopic (exact) mass is 337 g/mol. The summed E-state index contributed by atoms with van der Waals surface area (Å²) in [6, 6.07) is 5.72. The highest BCUT2D eigenvalue weighted by Gasteiger charge is 2.48. The number of rotatable bonds is 3. The minimum absolute atomic E-state index is 0.106. The Labute approximate surface area is 139 Å². The molecule has 0 unspecified atom stereocenters. The maximum Gasteiger partial charge on any atom is 0.274 e. The first-order chi connectivity index (χ1) is 10.6. The van der Waals surface area contributed by atoms with Crippen LogP contribution in [0.5, 0.6) is 0 Å². The molecule has 2 rings (SSSR count). The van der Waals surface area contributed by atoms with Gasteiger partial charge < -0.3 is 4.90 Å². The van der Waals surface area contributed by atoms with Gasteiger partial charge in [-0.2, -0.15) is 5.26 Å². The number of halogens is 2. The number of likely N-dealkylation sites (N-methyl/N-ethyl adjacent to an activating group) is 1. The lowest BCUT2D eigenvalue weighted by Crippen LogP contribution is -2.41. The molecule has 1 fully saturated rings. The van der Waals surface area contributed by atoms with Gasteiger partial charge >= 0.3 is 0 Å². The molecule has 0 N–H and O–H groups in total. The fourth-order valence-corrected chi connectivity index (χ4v) is 2.80. The Morgan fingerprint density at radius 3 is 2.43 bits per heavy atom. The maximum absolute atomic E-state index is 14.1. The summed E-state index contributed by atoms with van der Waals surface area (Å²) in [5.74, 6) is -3.44. The van der Waals surface area contributed by atoms with Crippen LogP contribution < -0.4 is 4.90 Å². The highest BCUT2D eigenvalue weighted by Crippen LogP contribution is 2.38. The summed E-state index contributed by atoms with van der Waals surface area (Å²) in [6.07, 6.45) is -0.436. The summed E-state index contributed by atoms with van der Waals surface area (Å²) in [5.41, 5.74) is -1.09. The second-order valence-electron chi connectivity index (χ2n) is 5.94. The van der Waals surface area contributed by atoms with Gasteiger partial charge in [-0.15, -0.1) is 0 Å². The van der Waals surface area contributed by atoms with Gasteiger partial charge in [0.25, 0.3) is 11.8 Å². The molecular weight excluding hydrogens is 320 g/mol. The van der Waals surface area contributed by atoms with E-state index in [0.717, 1.165) is 0 Å². The van der Waals surface area contributed by atoms with Gasteiger partial charge in [0.1, 0.15) is 5.54 Å². The molecule has 1 aliphatic rings. The van der Waals surface area contributed by atoms with Crippen molar-refractivity contribution in [2.24, 2.45) is 0 Å². The van der Waals surface area contributed by atoms with Gasteiger partial charge in [-0.05, 0) is 44.3 Å². The van der Waals surface area contributed by atoms with Gasteiger partial charge in [-0.25, -0.2) is 8.78 Å². The van der Waals surface area contributed by atoms with Crippen LogP contribution in [0.4, 0.5) is 14.5 Å². The lowest BCUT2D eigenvalue weighted by atomic mass is 9.99. The highest BCUT2D eigenvalue weighted by atomic mass is 32.1. The van der Waals surface area contributed by atoms with Crippen molar-refractivity contribution in [1.29, 1.82) is 5.26 Å². The molecule has 1 amide bonds. The van der Waals surface area contributed by atoms with Crippen LogP contribution >= 0.6 is 12.2 Å². The zero-order valence-corrected chi connectivity index (χ0v) is 14.2. The van der Waals surface area contributed by atoms with E-state index in [4.69, 9.17) is 17.5 Å². The van der Waals surface area contributed by atoms with E-state index < -0.39 is 17.9 Å².